The smallest absolute Gasteiger partial charge is 0.237 e. The molecule has 2 aliphatic rings. The molecule has 0 saturated carbocycles. The molecule has 0 aromatic carbocycles. The summed E-state index contributed by atoms with van der Waals surface area (Å²) in [6, 6.07) is 3.70. The van der Waals surface area contributed by atoms with Crippen LogP contribution < -0.4 is 11.2 Å². The van der Waals surface area contributed by atoms with Gasteiger partial charge in [0.25, 0.3) is 0 Å². The van der Waals surface area contributed by atoms with Crippen LogP contribution in [0.2, 0.25) is 0 Å². The molecule has 3 N–H and O–H groups in total. The Morgan fingerprint density at radius 3 is 3.11 bits per heavy atom. The molecule has 1 aliphatic carbocycles. The van der Waals surface area contributed by atoms with E-state index in [0.29, 0.717) is 18.4 Å². The summed E-state index contributed by atoms with van der Waals surface area (Å²) in [6.07, 6.45) is 4.17. The molecule has 1 unspecified atom stereocenters. The fourth-order valence-electron chi connectivity index (χ4n) is 2.20. The summed E-state index contributed by atoms with van der Waals surface area (Å²) in [6.45, 7) is 0. The SMILES string of the molecule is NC1=NNC2=C(C=N1)C(=O)CC(c1ccco1)C2. The zero-order valence-electron chi connectivity index (χ0n) is 9.59. The van der Waals surface area contributed by atoms with Crippen LogP contribution in [-0.2, 0) is 4.79 Å². The Morgan fingerprint density at radius 1 is 1.44 bits per heavy atom. The summed E-state index contributed by atoms with van der Waals surface area (Å²) >= 11 is 0. The zero-order chi connectivity index (χ0) is 12.5. The summed E-state index contributed by atoms with van der Waals surface area (Å²) in [7, 11) is 0. The van der Waals surface area contributed by atoms with E-state index in [1.54, 1.807) is 6.26 Å². The predicted molar refractivity (Wildman–Crippen MR) is 66.0 cm³/mol. The fourth-order valence-corrected chi connectivity index (χ4v) is 2.20. The highest BCUT2D eigenvalue weighted by Gasteiger charge is 2.30. The normalized spacial score (nSPS) is 23.2. The second-order valence-corrected chi connectivity index (χ2v) is 4.28. The Morgan fingerprint density at radius 2 is 2.33 bits per heavy atom. The maximum atomic E-state index is 12.1. The third-order valence-electron chi connectivity index (χ3n) is 3.08. The monoisotopic (exact) mass is 244 g/mol. The van der Waals surface area contributed by atoms with Gasteiger partial charge in [-0.15, -0.1) is 5.10 Å². The van der Waals surface area contributed by atoms with Gasteiger partial charge in [-0.1, -0.05) is 0 Å². The number of aliphatic imine (C=N–C) groups is 1. The summed E-state index contributed by atoms with van der Waals surface area (Å²) in [5.41, 5.74) is 9.61. The van der Waals surface area contributed by atoms with Crippen LogP contribution in [0.4, 0.5) is 0 Å². The van der Waals surface area contributed by atoms with Crippen molar-refractivity contribution in [3.63, 3.8) is 0 Å². The van der Waals surface area contributed by atoms with Gasteiger partial charge in [-0.05, 0) is 12.1 Å². The molecule has 0 spiro atoms. The van der Waals surface area contributed by atoms with Gasteiger partial charge in [0.2, 0.25) is 5.96 Å². The quantitative estimate of drug-likeness (QED) is 0.767. The molecule has 92 valence electrons. The number of furan rings is 1. The third-order valence-corrected chi connectivity index (χ3v) is 3.08. The highest BCUT2D eigenvalue weighted by Crippen LogP contribution is 2.33. The Hall–Kier alpha value is -2.37. The second-order valence-electron chi connectivity index (χ2n) is 4.28. The minimum atomic E-state index is 0.0267. The van der Waals surface area contributed by atoms with E-state index in [0.717, 1.165) is 11.5 Å². The Kier molecular flexibility index (Phi) is 2.47. The minimum absolute atomic E-state index is 0.0267. The molecule has 6 heteroatoms. The number of nitrogens with two attached hydrogens (primary N) is 1. The Balaban J connectivity index is 1.92. The molecular weight excluding hydrogens is 232 g/mol. The zero-order valence-corrected chi connectivity index (χ0v) is 9.59. The number of ketones is 1. The van der Waals surface area contributed by atoms with Crippen molar-refractivity contribution >= 4 is 18.0 Å². The van der Waals surface area contributed by atoms with Crippen LogP contribution in [0.5, 0.6) is 0 Å². The molecule has 0 bridgehead atoms. The number of carbonyl (C=O) groups excluding carboxylic acids is 1. The van der Waals surface area contributed by atoms with Crippen LogP contribution in [0.15, 0.2) is 44.2 Å². The number of allylic oxidation sites excluding steroid dienone is 2. The average molecular weight is 244 g/mol. The minimum Gasteiger partial charge on any atom is -0.469 e. The molecule has 2 heterocycles. The molecule has 1 atom stereocenters. The number of nitrogens with one attached hydrogen (secondary N) is 1. The second kappa shape index (κ2) is 4.14. The molecule has 18 heavy (non-hydrogen) atoms. The van der Waals surface area contributed by atoms with E-state index in [1.165, 1.54) is 6.21 Å². The van der Waals surface area contributed by atoms with Crippen molar-refractivity contribution in [1.29, 1.82) is 0 Å². The van der Waals surface area contributed by atoms with Crippen LogP contribution in [0, 0.1) is 0 Å². The van der Waals surface area contributed by atoms with Crippen molar-refractivity contribution in [2.75, 3.05) is 0 Å². The van der Waals surface area contributed by atoms with Gasteiger partial charge in [0.05, 0.1) is 11.8 Å². The van der Waals surface area contributed by atoms with E-state index in [2.05, 4.69) is 15.5 Å². The largest absolute Gasteiger partial charge is 0.469 e. The van der Waals surface area contributed by atoms with Gasteiger partial charge in [-0.3, -0.25) is 10.2 Å². The first-order valence-electron chi connectivity index (χ1n) is 5.67. The topological polar surface area (TPSA) is 93.0 Å². The number of rotatable bonds is 1. The maximum Gasteiger partial charge on any atom is 0.237 e. The van der Waals surface area contributed by atoms with Crippen molar-refractivity contribution in [2.45, 2.75) is 18.8 Å². The van der Waals surface area contributed by atoms with Crippen molar-refractivity contribution in [1.82, 2.24) is 5.43 Å². The van der Waals surface area contributed by atoms with Crippen molar-refractivity contribution in [3.8, 4) is 0 Å². The Labute approximate surface area is 103 Å². The molecule has 1 aliphatic heterocycles. The van der Waals surface area contributed by atoms with Crippen LogP contribution >= 0.6 is 0 Å². The number of Topliss-reactive ketones (excluding diaryl/α,β-unsaturated/α-hetero) is 1. The fraction of sp³-hybridized carbons (Fsp3) is 0.250. The molecule has 0 amide bonds. The van der Waals surface area contributed by atoms with Gasteiger partial charge in [0, 0.05) is 30.7 Å². The van der Waals surface area contributed by atoms with E-state index in [4.69, 9.17) is 10.2 Å². The van der Waals surface area contributed by atoms with Gasteiger partial charge in [0.1, 0.15) is 5.76 Å². The summed E-state index contributed by atoms with van der Waals surface area (Å²) in [5, 5.41) is 3.86. The van der Waals surface area contributed by atoms with E-state index in [-0.39, 0.29) is 17.7 Å². The van der Waals surface area contributed by atoms with E-state index in [1.807, 2.05) is 12.1 Å². The number of hydrogen-bond donors (Lipinski definition) is 2. The van der Waals surface area contributed by atoms with Crippen LogP contribution in [0.3, 0.4) is 0 Å². The first-order chi connectivity index (χ1) is 8.74. The lowest BCUT2D eigenvalue weighted by atomic mass is 9.85. The lowest BCUT2D eigenvalue weighted by Crippen LogP contribution is -2.24. The number of hydrazone groups is 1. The van der Waals surface area contributed by atoms with Crippen molar-refractivity contribution in [2.24, 2.45) is 15.8 Å². The number of carbonyl (C=O) groups is 1. The first kappa shape index (κ1) is 10.8. The van der Waals surface area contributed by atoms with Crippen molar-refractivity contribution in [3.05, 3.63) is 35.4 Å². The summed E-state index contributed by atoms with van der Waals surface area (Å²) in [5.74, 6) is 1.00. The molecule has 3 rings (SSSR count). The van der Waals surface area contributed by atoms with Crippen LogP contribution in [-0.4, -0.2) is 18.0 Å². The predicted octanol–water partition coefficient (Wildman–Crippen LogP) is 0.884. The Bertz CT molecular complexity index is 569. The number of nitrogens with zero attached hydrogens (tertiary/aromatic N) is 2. The number of hydrogen-bond acceptors (Lipinski definition) is 6. The first-order valence-corrected chi connectivity index (χ1v) is 5.67. The lowest BCUT2D eigenvalue weighted by Gasteiger charge is -2.22. The highest BCUT2D eigenvalue weighted by molar-refractivity contribution is 6.16. The van der Waals surface area contributed by atoms with Gasteiger partial charge >= 0.3 is 0 Å². The van der Waals surface area contributed by atoms with Gasteiger partial charge < -0.3 is 10.2 Å². The highest BCUT2D eigenvalue weighted by atomic mass is 16.3. The van der Waals surface area contributed by atoms with E-state index < -0.39 is 0 Å². The van der Waals surface area contributed by atoms with E-state index >= 15 is 0 Å². The summed E-state index contributed by atoms with van der Waals surface area (Å²) in [4.78, 5) is 16.0. The van der Waals surface area contributed by atoms with Gasteiger partial charge in [-0.2, -0.15) is 0 Å². The van der Waals surface area contributed by atoms with Gasteiger partial charge in [-0.25, -0.2) is 4.99 Å². The molecular formula is C12H12N4O2. The van der Waals surface area contributed by atoms with Crippen molar-refractivity contribution < 1.29 is 9.21 Å². The molecule has 0 fully saturated rings. The maximum absolute atomic E-state index is 12.1. The summed E-state index contributed by atoms with van der Waals surface area (Å²) < 4.78 is 5.36. The van der Waals surface area contributed by atoms with Crippen LogP contribution in [0.25, 0.3) is 0 Å². The van der Waals surface area contributed by atoms with Crippen LogP contribution in [0.1, 0.15) is 24.5 Å². The lowest BCUT2D eigenvalue weighted by molar-refractivity contribution is -0.116. The molecule has 6 nitrogen and oxygen atoms in total. The van der Waals surface area contributed by atoms with Gasteiger partial charge in [0.15, 0.2) is 5.78 Å². The molecule has 1 aromatic rings. The average Bonchev–Trinajstić information content (AvgIpc) is 2.82. The standard InChI is InChI=1S/C12H12N4O2/c13-12-14-6-8-9(15-16-12)4-7(5-10(8)17)11-2-1-3-18-11/h1-3,6-7,15H,4-5H2,(H2,13,16). The number of guanidine groups is 1. The third kappa shape index (κ3) is 1.81. The molecule has 0 saturated heterocycles. The van der Waals surface area contributed by atoms with E-state index in [9.17, 15) is 4.79 Å². The molecule has 1 aromatic heterocycles. The molecule has 0 radical (unpaired) electrons.